The van der Waals surface area contributed by atoms with Crippen molar-refractivity contribution in [3.05, 3.63) is 60.7 Å². The first-order valence-electron chi connectivity index (χ1n) is 5.88. The van der Waals surface area contributed by atoms with E-state index in [2.05, 4.69) is 5.10 Å². The SMILES string of the molecule is CN(C)/C=N\N(c1ccccc1)c1ccccc1. The van der Waals surface area contributed by atoms with Crippen molar-refractivity contribution in [2.24, 2.45) is 5.10 Å². The molecule has 2 aromatic rings. The number of nitrogens with zero attached hydrogens (tertiary/aromatic N) is 3. The van der Waals surface area contributed by atoms with Crippen LogP contribution in [0.4, 0.5) is 11.4 Å². The van der Waals surface area contributed by atoms with Gasteiger partial charge >= 0.3 is 0 Å². The van der Waals surface area contributed by atoms with Crippen LogP contribution in [0.25, 0.3) is 0 Å². The average molecular weight is 239 g/mol. The molecule has 3 nitrogen and oxygen atoms in total. The van der Waals surface area contributed by atoms with Gasteiger partial charge in [-0.05, 0) is 24.3 Å². The zero-order chi connectivity index (χ0) is 12.8. The second-order valence-electron chi connectivity index (χ2n) is 4.18. The van der Waals surface area contributed by atoms with Crippen LogP contribution < -0.4 is 5.01 Å². The summed E-state index contributed by atoms with van der Waals surface area (Å²) in [6.07, 6.45) is 1.79. The van der Waals surface area contributed by atoms with Crippen LogP contribution in [0.2, 0.25) is 0 Å². The van der Waals surface area contributed by atoms with Crippen molar-refractivity contribution >= 4 is 17.7 Å². The standard InChI is InChI=1S/C15H17N3/c1-17(2)13-16-18(14-9-5-3-6-10-14)15-11-7-4-8-12-15/h3-13H,1-2H3/b16-13-. The number of rotatable bonds is 4. The molecule has 0 aliphatic heterocycles. The highest BCUT2D eigenvalue weighted by atomic mass is 15.5. The lowest BCUT2D eigenvalue weighted by molar-refractivity contribution is 0.639. The summed E-state index contributed by atoms with van der Waals surface area (Å²) >= 11 is 0. The van der Waals surface area contributed by atoms with E-state index >= 15 is 0 Å². The lowest BCUT2D eigenvalue weighted by Gasteiger charge is -2.19. The molecule has 3 heteroatoms. The number of anilines is 2. The van der Waals surface area contributed by atoms with Gasteiger partial charge in [-0.3, -0.25) is 0 Å². The van der Waals surface area contributed by atoms with Crippen molar-refractivity contribution in [3.8, 4) is 0 Å². The molecule has 0 heterocycles. The molecule has 0 radical (unpaired) electrons. The minimum absolute atomic E-state index is 1.04. The molecular weight excluding hydrogens is 222 g/mol. The summed E-state index contributed by atoms with van der Waals surface area (Å²) in [5, 5.41) is 6.41. The monoisotopic (exact) mass is 239 g/mol. The van der Waals surface area contributed by atoms with E-state index in [9.17, 15) is 0 Å². The maximum absolute atomic E-state index is 4.50. The number of benzene rings is 2. The third-order valence-electron chi connectivity index (χ3n) is 2.40. The molecule has 0 aromatic heterocycles. The first-order chi connectivity index (χ1) is 8.77. The molecule has 18 heavy (non-hydrogen) atoms. The molecule has 0 atom stereocenters. The van der Waals surface area contributed by atoms with E-state index in [1.54, 1.807) is 6.34 Å². The third-order valence-corrected chi connectivity index (χ3v) is 2.40. The highest BCUT2D eigenvalue weighted by Gasteiger charge is 2.05. The van der Waals surface area contributed by atoms with Crippen molar-refractivity contribution in [2.75, 3.05) is 19.1 Å². The molecule has 0 spiro atoms. The van der Waals surface area contributed by atoms with Gasteiger partial charge in [0.2, 0.25) is 0 Å². The van der Waals surface area contributed by atoms with Crippen LogP contribution in [0, 0.1) is 0 Å². The van der Waals surface area contributed by atoms with Gasteiger partial charge in [0.25, 0.3) is 0 Å². The van der Waals surface area contributed by atoms with Crippen LogP contribution in [-0.2, 0) is 0 Å². The summed E-state index contributed by atoms with van der Waals surface area (Å²) in [4.78, 5) is 1.92. The number of hydrogen-bond donors (Lipinski definition) is 0. The summed E-state index contributed by atoms with van der Waals surface area (Å²) in [6.45, 7) is 0. The summed E-state index contributed by atoms with van der Waals surface area (Å²) in [5.74, 6) is 0. The van der Waals surface area contributed by atoms with Gasteiger partial charge in [0.15, 0.2) is 0 Å². The van der Waals surface area contributed by atoms with Crippen LogP contribution in [0.15, 0.2) is 65.8 Å². The fraction of sp³-hybridized carbons (Fsp3) is 0.133. The van der Waals surface area contributed by atoms with Crippen LogP contribution in [-0.4, -0.2) is 25.3 Å². The number of hydrogen-bond acceptors (Lipinski definition) is 2. The Labute approximate surface area is 108 Å². The molecule has 0 N–H and O–H groups in total. The molecule has 0 bridgehead atoms. The van der Waals surface area contributed by atoms with Crippen molar-refractivity contribution < 1.29 is 0 Å². The van der Waals surface area contributed by atoms with E-state index < -0.39 is 0 Å². The maximum atomic E-state index is 4.50. The van der Waals surface area contributed by atoms with E-state index in [0.29, 0.717) is 0 Å². The van der Waals surface area contributed by atoms with Crippen LogP contribution in [0.3, 0.4) is 0 Å². The third kappa shape index (κ3) is 3.10. The van der Waals surface area contributed by atoms with E-state index in [1.165, 1.54) is 0 Å². The van der Waals surface area contributed by atoms with Gasteiger partial charge in [-0.25, -0.2) is 5.01 Å². The van der Waals surface area contributed by atoms with Gasteiger partial charge in [0, 0.05) is 14.1 Å². The van der Waals surface area contributed by atoms with Crippen molar-refractivity contribution in [1.82, 2.24) is 4.90 Å². The molecule has 0 aliphatic rings. The van der Waals surface area contributed by atoms with Gasteiger partial charge in [0.1, 0.15) is 6.34 Å². The highest BCUT2D eigenvalue weighted by molar-refractivity contribution is 5.66. The molecule has 0 unspecified atom stereocenters. The smallest absolute Gasteiger partial charge is 0.111 e. The topological polar surface area (TPSA) is 18.8 Å². The van der Waals surface area contributed by atoms with E-state index in [4.69, 9.17) is 0 Å². The molecule has 92 valence electrons. The predicted molar refractivity (Wildman–Crippen MR) is 77.2 cm³/mol. The lowest BCUT2D eigenvalue weighted by atomic mass is 10.2. The van der Waals surface area contributed by atoms with E-state index in [1.807, 2.05) is 84.7 Å². The summed E-state index contributed by atoms with van der Waals surface area (Å²) in [6, 6.07) is 20.2. The molecule has 0 saturated carbocycles. The number of para-hydroxylation sites is 2. The van der Waals surface area contributed by atoms with Gasteiger partial charge in [0.05, 0.1) is 11.4 Å². The zero-order valence-corrected chi connectivity index (χ0v) is 10.7. The second kappa shape index (κ2) is 5.87. The summed E-state index contributed by atoms with van der Waals surface area (Å²) in [7, 11) is 3.91. The zero-order valence-electron chi connectivity index (χ0n) is 10.7. The van der Waals surface area contributed by atoms with Gasteiger partial charge in [-0.1, -0.05) is 36.4 Å². The highest BCUT2D eigenvalue weighted by Crippen LogP contribution is 2.24. The fourth-order valence-corrected chi connectivity index (χ4v) is 1.58. The molecule has 0 aliphatic carbocycles. The Hall–Kier alpha value is -2.29. The Bertz CT molecular complexity index is 452. The Morgan fingerprint density at radius 2 is 1.22 bits per heavy atom. The second-order valence-corrected chi connectivity index (χ2v) is 4.18. The van der Waals surface area contributed by atoms with Gasteiger partial charge < -0.3 is 4.90 Å². The minimum atomic E-state index is 1.04. The molecular formula is C15H17N3. The molecule has 2 aromatic carbocycles. The lowest BCUT2D eigenvalue weighted by Crippen LogP contribution is -2.15. The van der Waals surface area contributed by atoms with E-state index in [-0.39, 0.29) is 0 Å². The normalized spacial score (nSPS) is 10.6. The maximum Gasteiger partial charge on any atom is 0.111 e. The first kappa shape index (κ1) is 12.2. The molecule has 2 rings (SSSR count). The fourth-order valence-electron chi connectivity index (χ4n) is 1.58. The van der Waals surface area contributed by atoms with Crippen molar-refractivity contribution in [2.45, 2.75) is 0 Å². The summed E-state index contributed by atoms with van der Waals surface area (Å²) < 4.78 is 0. The van der Waals surface area contributed by atoms with Crippen molar-refractivity contribution in [1.29, 1.82) is 0 Å². The van der Waals surface area contributed by atoms with Gasteiger partial charge in [-0.2, -0.15) is 5.10 Å². The first-order valence-corrected chi connectivity index (χ1v) is 5.88. The molecule has 0 amide bonds. The van der Waals surface area contributed by atoms with Crippen LogP contribution in [0.5, 0.6) is 0 Å². The Morgan fingerprint density at radius 1 is 0.778 bits per heavy atom. The quantitative estimate of drug-likeness (QED) is 0.463. The average Bonchev–Trinajstić information content (AvgIpc) is 2.41. The minimum Gasteiger partial charge on any atom is -0.367 e. The Morgan fingerprint density at radius 3 is 1.61 bits per heavy atom. The predicted octanol–water partition coefficient (Wildman–Crippen LogP) is 3.33. The van der Waals surface area contributed by atoms with Crippen LogP contribution in [0.1, 0.15) is 0 Å². The summed E-state index contributed by atoms with van der Waals surface area (Å²) in [5.41, 5.74) is 2.09. The Kier molecular flexibility index (Phi) is 3.97. The Balaban J connectivity index is 2.35. The molecule has 0 saturated heterocycles. The number of hydrazone groups is 1. The van der Waals surface area contributed by atoms with Crippen molar-refractivity contribution in [3.63, 3.8) is 0 Å². The largest absolute Gasteiger partial charge is 0.367 e. The molecule has 0 fully saturated rings. The van der Waals surface area contributed by atoms with E-state index in [0.717, 1.165) is 11.4 Å². The van der Waals surface area contributed by atoms with Gasteiger partial charge in [-0.15, -0.1) is 0 Å². The van der Waals surface area contributed by atoms with Crippen LogP contribution >= 0.6 is 0 Å².